The van der Waals surface area contributed by atoms with Crippen LogP contribution >= 0.6 is 0 Å². The molecule has 0 aliphatic carbocycles. The third kappa shape index (κ3) is 4.22. The molecule has 1 aromatic rings. The van der Waals surface area contributed by atoms with Gasteiger partial charge in [0, 0.05) is 6.54 Å². The third-order valence-electron chi connectivity index (χ3n) is 2.12. The summed E-state index contributed by atoms with van der Waals surface area (Å²) < 4.78 is 35.5. The summed E-state index contributed by atoms with van der Waals surface area (Å²) >= 11 is 0. The van der Waals surface area contributed by atoms with Crippen molar-refractivity contribution in [2.45, 2.75) is 12.6 Å². The van der Waals surface area contributed by atoms with Crippen LogP contribution in [-0.4, -0.2) is 29.0 Å². The number of carbonyl (C=O) groups is 1. The molecule has 1 aromatic carbocycles. The largest absolute Gasteiger partial charge is 0.471 e. The Hall–Kier alpha value is -1.80. The summed E-state index contributed by atoms with van der Waals surface area (Å²) in [5.41, 5.74) is 0.779. The number of carbonyl (C=O) groups excluding carboxylic acids is 1. The van der Waals surface area contributed by atoms with Gasteiger partial charge in [0.15, 0.2) is 0 Å². The fourth-order valence-electron chi connectivity index (χ4n) is 1.22. The van der Waals surface area contributed by atoms with E-state index in [0.717, 1.165) is 0 Å². The fraction of sp³-hybridized carbons (Fsp3) is 0.300. The normalized spacial score (nSPS) is 11.2. The summed E-state index contributed by atoms with van der Waals surface area (Å²) in [6, 6.07) is 5.77. The van der Waals surface area contributed by atoms with E-state index in [-0.39, 0.29) is 23.9 Å². The highest BCUT2D eigenvalue weighted by atomic mass is 19.4. The maximum atomic E-state index is 11.8. The molecule has 5 nitrogen and oxygen atoms in total. The number of nitrogens with zero attached hydrogens (tertiary/aromatic N) is 1. The first kappa shape index (κ1) is 14.3. The Balaban J connectivity index is 2.43. The monoisotopic (exact) mass is 264 g/mol. The summed E-state index contributed by atoms with van der Waals surface area (Å²) in [6.45, 7) is -0.153. The molecule has 1 amide bonds. The molecule has 0 saturated heterocycles. The second-order valence-electron chi connectivity index (χ2n) is 3.46. The lowest BCUT2D eigenvalue weighted by molar-refractivity contribution is -0.173. The standard InChI is InChI=1S/C10H11F3N2O3/c11-10(12,13)9(16)14-6-5-7-1-3-8(4-2-7)15(17)18/h1-4,17-18H,5-6H2,(H,14,16). The van der Waals surface area contributed by atoms with Crippen LogP contribution in [-0.2, 0) is 11.2 Å². The summed E-state index contributed by atoms with van der Waals surface area (Å²) in [7, 11) is 0. The molecular formula is C10H11F3N2O3. The molecule has 1 rings (SSSR count). The first-order chi connectivity index (χ1) is 8.30. The SMILES string of the molecule is O=C(NCCc1ccc(N(O)O)cc1)C(F)(F)F. The van der Waals surface area contributed by atoms with Crippen molar-refractivity contribution in [1.82, 2.24) is 5.32 Å². The van der Waals surface area contributed by atoms with E-state index in [0.29, 0.717) is 5.56 Å². The van der Waals surface area contributed by atoms with Gasteiger partial charge >= 0.3 is 12.1 Å². The number of hydrogen-bond acceptors (Lipinski definition) is 4. The smallest absolute Gasteiger partial charge is 0.348 e. The van der Waals surface area contributed by atoms with Crippen LogP contribution < -0.4 is 10.5 Å². The number of anilines is 1. The molecule has 3 N–H and O–H groups in total. The Morgan fingerprint density at radius 3 is 2.22 bits per heavy atom. The zero-order chi connectivity index (χ0) is 13.8. The molecule has 0 saturated carbocycles. The molecule has 0 unspecified atom stereocenters. The van der Waals surface area contributed by atoms with Crippen LogP contribution in [0.5, 0.6) is 0 Å². The van der Waals surface area contributed by atoms with Gasteiger partial charge in [0.05, 0.1) is 5.69 Å². The molecule has 0 atom stereocenters. The minimum Gasteiger partial charge on any atom is -0.348 e. The van der Waals surface area contributed by atoms with Crippen molar-refractivity contribution in [2.75, 3.05) is 11.8 Å². The zero-order valence-corrected chi connectivity index (χ0v) is 9.11. The van der Waals surface area contributed by atoms with E-state index in [1.807, 2.05) is 0 Å². The van der Waals surface area contributed by atoms with E-state index in [4.69, 9.17) is 10.4 Å². The minimum absolute atomic E-state index is 0.0742. The van der Waals surface area contributed by atoms with Gasteiger partial charge in [0.1, 0.15) is 0 Å². The minimum atomic E-state index is -4.88. The molecule has 0 spiro atoms. The van der Waals surface area contributed by atoms with E-state index in [1.165, 1.54) is 24.3 Å². The zero-order valence-electron chi connectivity index (χ0n) is 9.11. The van der Waals surface area contributed by atoms with Gasteiger partial charge in [-0.3, -0.25) is 15.2 Å². The van der Waals surface area contributed by atoms with E-state index in [1.54, 1.807) is 5.32 Å². The van der Waals surface area contributed by atoms with Crippen LogP contribution in [0, 0.1) is 0 Å². The predicted molar refractivity (Wildman–Crippen MR) is 55.3 cm³/mol. The maximum Gasteiger partial charge on any atom is 0.471 e. The molecule has 0 bridgehead atoms. The molecule has 0 radical (unpaired) electrons. The molecule has 0 heterocycles. The second kappa shape index (κ2) is 5.69. The molecular weight excluding hydrogens is 253 g/mol. The molecule has 0 aliphatic heterocycles. The number of hydrogen-bond donors (Lipinski definition) is 3. The van der Waals surface area contributed by atoms with Crippen molar-refractivity contribution < 1.29 is 28.4 Å². The van der Waals surface area contributed by atoms with Gasteiger partial charge < -0.3 is 5.32 Å². The Bertz CT molecular complexity index is 404. The van der Waals surface area contributed by atoms with Gasteiger partial charge in [-0.1, -0.05) is 12.1 Å². The average molecular weight is 264 g/mol. The van der Waals surface area contributed by atoms with E-state index >= 15 is 0 Å². The highest BCUT2D eigenvalue weighted by molar-refractivity contribution is 5.81. The van der Waals surface area contributed by atoms with Crippen LogP contribution in [0.3, 0.4) is 0 Å². The quantitative estimate of drug-likeness (QED) is 0.720. The molecule has 0 aliphatic rings. The Kier molecular flexibility index (Phi) is 4.51. The average Bonchev–Trinajstić information content (AvgIpc) is 2.28. The topological polar surface area (TPSA) is 72.8 Å². The van der Waals surface area contributed by atoms with Crippen molar-refractivity contribution in [3.05, 3.63) is 29.8 Å². The van der Waals surface area contributed by atoms with Crippen molar-refractivity contribution in [2.24, 2.45) is 0 Å². The second-order valence-corrected chi connectivity index (χ2v) is 3.46. The number of halogens is 3. The van der Waals surface area contributed by atoms with Crippen molar-refractivity contribution in [3.63, 3.8) is 0 Å². The molecule has 100 valence electrons. The van der Waals surface area contributed by atoms with Crippen molar-refractivity contribution >= 4 is 11.6 Å². The van der Waals surface area contributed by atoms with Gasteiger partial charge in [0.2, 0.25) is 0 Å². The number of amides is 1. The van der Waals surface area contributed by atoms with Gasteiger partial charge in [-0.25, -0.2) is 0 Å². The van der Waals surface area contributed by atoms with Crippen LogP contribution in [0.2, 0.25) is 0 Å². The predicted octanol–water partition coefficient (Wildman–Crippen LogP) is 1.49. The molecule has 0 aromatic heterocycles. The first-order valence-corrected chi connectivity index (χ1v) is 4.92. The van der Waals surface area contributed by atoms with Crippen LogP contribution in [0.25, 0.3) is 0 Å². The number of rotatable bonds is 4. The van der Waals surface area contributed by atoms with Gasteiger partial charge in [-0.2, -0.15) is 13.2 Å². The summed E-state index contributed by atoms with van der Waals surface area (Å²) in [4.78, 5) is 10.5. The van der Waals surface area contributed by atoms with Crippen LogP contribution in [0.1, 0.15) is 5.56 Å². The van der Waals surface area contributed by atoms with E-state index in [2.05, 4.69) is 0 Å². The van der Waals surface area contributed by atoms with Crippen molar-refractivity contribution in [1.29, 1.82) is 0 Å². The summed E-state index contributed by atoms with van der Waals surface area (Å²) in [5.74, 6) is -1.98. The summed E-state index contributed by atoms with van der Waals surface area (Å²) in [6.07, 6.45) is -4.67. The van der Waals surface area contributed by atoms with Crippen LogP contribution in [0.15, 0.2) is 24.3 Å². The number of nitrogens with one attached hydrogen (secondary N) is 1. The Morgan fingerprint density at radius 2 is 1.78 bits per heavy atom. The Labute approximate surface area is 100 Å². The van der Waals surface area contributed by atoms with Gasteiger partial charge in [-0.05, 0) is 24.1 Å². The molecule has 18 heavy (non-hydrogen) atoms. The highest BCUT2D eigenvalue weighted by Crippen LogP contribution is 2.14. The van der Waals surface area contributed by atoms with Crippen LogP contribution in [0.4, 0.5) is 18.9 Å². The van der Waals surface area contributed by atoms with Crippen molar-refractivity contribution in [3.8, 4) is 0 Å². The molecule has 8 heteroatoms. The lowest BCUT2D eigenvalue weighted by atomic mass is 10.1. The summed E-state index contributed by atoms with van der Waals surface area (Å²) in [5, 5.41) is 19.0. The van der Waals surface area contributed by atoms with E-state index < -0.39 is 12.1 Å². The number of benzene rings is 1. The lowest BCUT2D eigenvalue weighted by Crippen LogP contribution is -2.37. The van der Waals surface area contributed by atoms with E-state index in [9.17, 15) is 18.0 Å². The third-order valence-corrected chi connectivity index (χ3v) is 2.12. The van der Waals surface area contributed by atoms with Gasteiger partial charge in [-0.15, -0.1) is 5.23 Å². The number of alkyl halides is 3. The molecule has 0 fully saturated rings. The fourth-order valence-corrected chi connectivity index (χ4v) is 1.22. The maximum absolute atomic E-state index is 11.8. The Morgan fingerprint density at radius 1 is 1.22 bits per heavy atom. The highest BCUT2D eigenvalue weighted by Gasteiger charge is 2.38. The van der Waals surface area contributed by atoms with Gasteiger partial charge in [0.25, 0.3) is 0 Å². The first-order valence-electron chi connectivity index (χ1n) is 4.92. The lowest BCUT2D eigenvalue weighted by Gasteiger charge is -2.09.